The fourth-order valence-electron chi connectivity index (χ4n) is 4.99. The molecule has 0 atom stereocenters. The van der Waals surface area contributed by atoms with Crippen molar-refractivity contribution >= 4 is 356 Å². The summed E-state index contributed by atoms with van der Waals surface area (Å²) in [5.41, 5.74) is 0. The quantitative estimate of drug-likeness (QED) is 0.0511. The van der Waals surface area contributed by atoms with Gasteiger partial charge in [-0.05, 0) is 19.6 Å². The predicted molar refractivity (Wildman–Crippen MR) is 331 cm³/mol. The minimum Gasteiger partial charge on any atom is -0.578 e. The molecule has 0 N–H and O–H groups in total. The van der Waals surface area contributed by atoms with Crippen LogP contribution < -0.4 is 0 Å². The van der Waals surface area contributed by atoms with Crippen molar-refractivity contribution in [3.8, 4) is 0 Å². The molecule has 0 amide bonds. The average Bonchev–Trinajstić information content (AvgIpc) is 0.830. The third-order valence-electron chi connectivity index (χ3n) is 9.93. The summed E-state index contributed by atoms with van der Waals surface area (Å²) in [5.74, 6) is 0. The third-order valence-corrected chi connectivity index (χ3v) is 365. The van der Waals surface area contributed by atoms with Crippen molar-refractivity contribution in [2.45, 2.75) is 39.3 Å². The second-order valence-corrected chi connectivity index (χ2v) is 245. The minimum absolute atomic E-state index is 1.41. The summed E-state index contributed by atoms with van der Waals surface area (Å²) in [6.45, 7) is 8.56. The SMILES string of the molecule is C[Si](C)(C)O[Si](=O)[Si](=O)[Si](=O)[Si](=O)[Si](=O)[Si](=O)[Si](=O)[Si](=O)[Si](=O)[Si](=O)[Si](=O)[Si](=O)[Si](=O)[Si](=O)[Si](=O)[Si](=O)[Si](=O)[Si](=O)[Si](=O)[Si](=O)[Si](=O)[Si](=O)[Si](=O)[Si](=O)[Si](=O)[Si](=O)[Si](=O)[Si](=O)[Si](=O)[Si](=O)[Si](=O)[Si](=O)[Si](=O)[Si](=O)[Si](=O)[Si](=O)[Si](=O)[Si](=O)[Si](=O)[Si](=O)[Si](=O)[Si](=O)[Si](=O)[Si](=O)[Si](C)(C)C. The maximum atomic E-state index is 12.9. The van der Waals surface area contributed by atoms with Crippen LogP contribution in [0.3, 0.4) is 0 Å². The maximum Gasteiger partial charge on any atom is 0.532 e. The summed E-state index contributed by atoms with van der Waals surface area (Å²) in [4.78, 5) is 0. The molecular formula is C6H18O45Si46. The van der Waals surface area contributed by atoms with E-state index in [0.29, 0.717) is 0 Å². The van der Waals surface area contributed by atoms with Crippen molar-refractivity contribution in [3.63, 3.8) is 0 Å². The normalized spacial score (nSPS) is 10.3. The molecular weight excluding hydrogens is 2080 g/mol. The molecule has 0 saturated carbocycles. The van der Waals surface area contributed by atoms with Crippen molar-refractivity contribution in [1.82, 2.24) is 0 Å². The van der Waals surface area contributed by atoms with Gasteiger partial charge in [-0.15, -0.1) is 0 Å². The third kappa shape index (κ3) is 25.8. The molecule has 0 unspecified atom stereocenters. The van der Waals surface area contributed by atoms with E-state index >= 15 is 0 Å². The molecule has 45 nitrogen and oxygen atoms in total. The molecule has 0 aliphatic carbocycles. The molecule has 0 rings (SSSR count). The van der Waals surface area contributed by atoms with Gasteiger partial charge in [-0.1, -0.05) is 19.6 Å². The molecule has 496 valence electrons. The number of rotatable bonds is 46. The van der Waals surface area contributed by atoms with Crippen LogP contribution in [0.4, 0.5) is 0 Å². The molecule has 0 heterocycles. The summed E-state index contributed by atoms with van der Waals surface area (Å²) in [6.07, 6.45) is 0. The molecule has 0 aliphatic rings. The Bertz CT molecular complexity index is 4420. The summed E-state index contributed by atoms with van der Waals surface area (Å²) in [7, 11) is -208. The molecule has 91 heteroatoms. The van der Waals surface area contributed by atoms with Crippen molar-refractivity contribution < 1.29 is 200 Å². The van der Waals surface area contributed by atoms with Crippen LogP contribution in [0.1, 0.15) is 0 Å². The first-order valence-electron chi connectivity index (χ1n) is 23.4. The lowest BCUT2D eigenvalue weighted by Gasteiger charge is -2.16. The second-order valence-electron chi connectivity index (χ2n) is 18.9. The van der Waals surface area contributed by atoms with Crippen molar-refractivity contribution in [2.24, 2.45) is 0 Å². The van der Waals surface area contributed by atoms with E-state index < -0.39 is 356 Å². The Morgan fingerprint density at radius 3 is 0.299 bits per heavy atom. The first-order chi connectivity index (χ1) is 43.8. The Hall–Kier alpha value is 0.977. The lowest BCUT2D eigenvalue weighted by atomic mass is 11.8. The summed E-state index contributed by atoms with van der Waals surface area (Å²) < 4.78 is 565. The van der Waals surface area contributed by atoms with Gasteiger partial charge in [-0.25, -0.2) is 0 Å². The molecule has 0 fully saturated rings. The van der Waals surface area contributed by atoms with Gasteiger partial charge in [0.25, 0.3) is 0 Å². The highest BCUT2D eigenvalue weighted by Gasteiger charge is 2.61. The van der Waals surface area contributed by atoms with Crippen LogP contribution in [0.15, 0.2) is 0 Å². The minimum atomic E-state index is -4.90. The Labute approximate surface area is 588 Å². The van der Waals surface area contributed by atoms with Gasteiger partial charge in [0.2, 0.25) is 8.32 Å². The molecule has 97 heavy (non-hydrogen) atoms. The summed E-state index contributed by atoms with van der Waals surface area (Å²) in [5, 5.41) is 0. The Morgan fingerprint density at radius 1 is 0.134 bits per heavy atom. The van der Waals surface area contributed by atoms with E-state index in [4.69, 9.17) is 4.12 Å². The first-order valence-corrected chi connectivity index (χ1v) is 136. The van der Waals surface area contributed by atoms with Gasteiger partial charge in [0.05, 0.1) is 0 Å². The zero-order valence-corrected chi connectivity index (χ0v) is 93.4. The highest BCUT2D eigenvalue weighted by Crippen LogP contribution is 2.03. The van der Waals surface area contributed by atoms with E-state index in [1.54, 1.807) is 0 Å². The number of hydrogen-bond acceptors (Lipinski definition) is 45. The van der Waals surface area contributed by atoms with Crippen LogP contribution in [-0.2, 0) is 200 Å². The van der Waals surface area contributed by atoms with Gasteiger partial charge in [0.1, 0.15) is 7.59 Å². The second kappa shape index (κ2) is 41.9. The molecule has 0 aromatic heterocycles. The molecule has 0 saturated heterocycles. The molecule has 0 aliphatic heterocycles. The Kier molecular flexibility index (Phi) is 42.3. The molecule has 0 spiro atoms. The van der Waals surface area contributed by atoms with Crippen LogP contribution in [0.2, 0.25) is 39.3 Å². The van der Waals surface area contributed by atoms with Gasteiger partial charge >= 0.3 is 340 Å². The highest BCUT2D eigenvalue weighted by atomic mass is 30.2. The smallest absolute Gasteiger partial charge is 0.532 e. The fraction of sp³-hybridized carbons (Fsp3) is 1.00. The van der Waals surface area contributed by atoms with Crippen molar-refractivity contribution in [1.29, 1.82) is 0 Å². The average molecular weight is 2100 g/mol. The molecule has 0 bridgehead atoms. The summed E-state index contributed by atoms with van der Waals surface area (Å²) in [6, 6.07) is 0. The van der Waals surface area contributed by atoms with E-state index in [1.165, 1.54) is 39.3 Å². The highest BCUT2D eigenvalue weighted by molar-refractivity contribution is 7.87. The van der Waals surface area contributed by atoms with E-state index in [0.717, 1.165) is 0 Å². The summed E-state index contributed by atoms with van der Waals surface area (Å²) >= 11 is 0. The Balaban J connectivity index is 6.02. The van der Waals surface area contributed by atoms with Crippen LogP contribution in [-0.4, -0.2) is 356 Å². The number of hydrogen-bond donors (Lipinski definition) is 0. The van der Waals surface area contributed by atoms with Crippen LogP contribution >= 0.6 is 0 Å². The van der Waals surface area contributed by atoms with Gasteiger partial charge < -0.3 is 200 Å². The topological polar surface area (TPSA) is 760 Å². The van der Waals surface area contributed by atoms with Crippen LogP contribution in [0.5, 0.6) is 0 Å². The van der Waals surface area contributed by atoms with Gasteiger partial charge in [-0.3, -0.25) is 0 Å². The van der Waals surface area contributed by atoms with Gasteiger partial charge in [-0.2, -0.15) is 0 Å². The Morgan fingerprint density at radius 2 is 0.216 bits per heavy atom. The van der Waals surface area contributed by atoms with Crippen molar-refractivity contribution in [2.75, 3.05) is 0 Å². The zero-order valence-electron chi connectivity index (χ0n) is 47.4. The van der Waals surface area contributed by atoms with Crippen molar-refractivity contribution in [3.05, 3.63) is 0 Å². The lowest BCUT2D eigenvalue weighted by molar-refractivity contribution is 0.462. The van der Waals surface area contributed by atoms with Gasteiger partial charge in [0.15, 0.2) is 0 Å². The monoisotopic (exact) mass is 2100 g/mol. The standard InChI is InChI=1S/C6H18O45Si46/c1-96(2,3)51-52(7)53(8)54(9)55(10)56(11)57(12)58(13)59(14)60(15)61(16)62(17)63(18)64(19)65(20)66(21)67(22)68(23)69(24)70(25)71(26)72(27)73(28)74(29)75(30)76(31)77(32)78(33)79(34)80(35)81(36)82(37)83(38)84(39)85(40)86(41)87(42)88(43)89(44)90(45)91(46)92(47)93(48)94(49)95(50)97(4,5)6/h1-6H3. The zero-order chi connectivity index (χ0) is 77.1. The molecule has 0 aromatic rings. The van der Waals surface area contributed by atoms with E-state index in [-0.39, 0.29) is 0 Å². The van der Waals surface area contributed by atoms with Crippen LogP contribution in [0, 0.1) is 0 Å². The van der Waals surface area contributed by atoms with E-state index in [2.05, 4.69) is 0 Å². The first kappa shape index (κ1) is 98.0. The lowest BCUT2D eigenvalue weighted by Crippen LogP contribution is -2.58. The maximum absolute atomic E-state index is 12.9. The van der Waals surface area contributed by atoms with Gasteiger partial charge in [0, 0.05) is 0 Å². The predicted octanol–water partition coefficient (Wildman–Crippen LogP) is -19.3. The van der Waals surface area contributed by atoms with Crippen LogP contribution in [0.25, 0.3) is 0 Å². The molecule has 0 radical (unpaired) electrons. The fourth-order valence-corrected chi connectivity index (χ4v) is 536. The largest absolute Gasteiger partial charge is 0.578 e. The molecule has 0 aromatic carbocycles. The van der Waals surface area contributed by atoms with E-state index in [9.17, 15) is 196 Å². The van der Waals surface area contributed by atoms with E-state index in [1.807, 2.05) is 0 Å².